The van der Waals surface area contributed by atoms with Crippen molar-refractivity contribution in [3.8, 4) is 0 Å². The molecule has 0 N–H and O–H groups in total. The van der Waals surface area contributed by atoms with Crippen LogP contribution in [0, 0.1) is 5.92 Å². The number of benzene rings is 1. The fraction of sp³-hybridized carbons (Fsp3) is 0.471. The topological polar surface area (TPSA) is 72.9 Å². The van der Waals surface area contributed by atoms with E-state index in [-0.39, 0.29) is 17.8 Å². The molecule has 2 saturated heterocycles. The fourth-order valence-corrected chi connectivity index (χ4v) is 3.18. The van der Waals surface area contributed by atoms with Gasteiger partial charge in [-0.25, -0.2) is 4.79 Å². The third-order valence-electron chi connectivity index (χ3n) is 4.35. The summed E-state index contributed by atoms with van der Waals surface area (Å²) < 4.78 is 10.9. The van der Waals surface area contributed by atoms with Crippen molar-refractivity contribution >= 4 is 33.8 Å². The maximum absolute atomic E-state index is 12.4. The van der Waals surface area contributed by atoms with Crippen LogP contribution >= 0.6 is 15.9 Å². The maximum atomic E-state index is 12.4. The molecule has 1 atom stereocenters. The average Bonchev–Trinajstić information content (AvgIpc) is 3.00. The number of cyclic esters (lactones) is 1. The van der Waals surface area contributed by atoms with Crippen LogP contribution < -0.4 is 0 Å². The van der Waals surface area contributed by atoms with Crippen molar-refractivity contribution in [2.24, 2.45) is 5.92 Å². The van der Waals surface area contributed by atoms with E-state index in [0.29, 0.717) is 44.5 Å². The summed E-state index contributed by atoms with van der Waals surface area (Å²) in [7, 11) is 0. The first-order valence-corrected chi connectivity index (χ1v) is 8.76. The summed E-state index contributed by atoms with van der Waals surface area (Å²) in [6, 6.07) is 7.22. The van der Waals surface area contributed by atoms with Gasteiger partial charge in [-0.1, -0.05) is 15.9 Å². The number of hydrogen-bond acceptors (Lipinski definition) is 5. The molecule has 0 unspecified atom stereocenters. The minimum Gasteiger partial charge on any atom is -0.463 e. The molecule has 6 nitrogen and oxygen atoms in total. The molecule has 0 aliphatic carbocycles. The Morgan fingerprint density at radius 2 is 1.79 bits per heavy atom. The van der Waals surface area contributed by atoms with Gasteiger partial charge in [-0.15, -0.1) is 0 Å². The van der Waals surface area contributed by atoms with E-state index in [9.17, 15) is 14.4 Å². The van der Waals surface area contributed by atoms with Crippen molar-refractivity contribution < 1.29 is 23.9 Å². The lowest BCUT2D eigenvalue weighted by Gasteiger charge is -2.31. The number of halogens is 1. The van der Waals surface area contributed by atoms with Gasteiger partial charge in [-0.3, -0.25) is 9.59 Å². The van der Waals surface area contributed by atoms with Crippen molar-refractivity contribution in [1.82, 2.24) is 4.90 Å². The summed E-state index contributed by atoms with van der Waals surface area (Å²) in [5, 5.41) is 0. The van der Waals surface area contributed by atoms with Gasteiger partial charge in [0.1, 0.15) is 0 Å². The third-order valence-corrected chi connectivity index (χ3v) is 4.88. The van der Waals surface area contributed by atoms with Gasteiger partial charge in [0.25, 0.3) is 5.91 Å². The van der Waals surface area contributed by atoms with Crippen molar-refractivity contribution in [3.63, 3.8) is 0 Å². The van der Waals surface area contributed by atoms with Crippen LogP contribution in [0.3, 0.4) is 0 Å². The Morgan fingerprint density at radius 3 is 2.38 bits per heavy atom. The second-order valence-corrected chi connectivity index (χ2v) is 6.87. The van der Waals surface area contributed by atoms with E-state index in [1.54, 1.807) is 17.0 Å². The Bertz CT molecular complexity index is 637. The highest BCUT2D eigenvalue weighted by Gasteiger charge is 2.34. The summed E-state index contributed by atoms with van der Waals surface area (Å²) >= 11 is 3.35. The molecule has 1 aromatic carbocycles. The molecule has 1 amide bonds. The van der Waals surface area contributed by atoms with E-state index >= 15 is 0 Å². The number of likely N-dealkylation sites (tertiary alicyclic amines) is 1. The zero-order chi connectivity index (χ0) is 17.1. The smallest absolute Gasteiger partial charge is 0.347 e. The van der Waals surface area contributed by atoms with Crippen LogP contribution in [0.25, 0.3) is 0 Å². The summed E-state index contributed by atoms with van der Waals surface area (Å²) in [6.45, 7) is 1.31. The molecule has 2 aliphatic heterocycles. The number of amides is 1. The zero-order valence-corrected chi connectivity index (χ0v) is 14.7. The minimum absolute atomic E-state index is 0.0336. The van der Waals surface area contributed by atoms with Gasteiger partial charge in [-0.2, -0.15) is 0 Å². The lowest BCUT2D eigenvalue weighted by atomic mass is 9.96. The minimum atomic E-state index is -0.764. The van der Waals surface area contributed by atoms with Gasteiger partial charge in [0, 0.05) is 29.5 Å². The first kappa shape index (κ1) is 17.0. The highest BCUT2D eigenvalue weighted by Crippen LogP contribution is 2.23. The molecule has 0 saturated carbocycles. The van der Waals surface area contributed by atoms with Gasteiger partial charge < -0.3 is 14.4 Å². The van der Waals surface area contributed by atoms with E-state index in [0.717, 1.165) is 4.47 Å². The predicted octanol–water partition coefficient (Wildman–Crippen LogP) is 2.16. The highest BCUT2D eigenvalue weighted by atomic mass is 79.9. The molecule has 0 radical (unpaired) electrons. The van der Waals surface area contributed by atoms with E-state index in [4.69, 9.17) is 9.47 Å². The highest BCUT2D eigenvalue weighted by molar-refractivity contribution is 9.10. The predicted molar refractivity (Wildman–Crippen MR) is 88.2 cm³/mol. The number of carbonyl (C=O) groups is 3. The maximum Gasteiger partial charge on any atom is 0.347 e. The molecule has 7 heteroatoms. The number of rotatable bonds is 3. The van der Waals surface area contributed by atoms with E-state index in [1.165, 1.54) is 0 Å². The molecular formula is C17H18BrNO5. The lowest BCUT2D eigenvalue weighted by Crippen LogP contribution is -2.41. The van der Waals surface area contributed by atoms with Crippen LogP contribution in [0.2, 0.25) is 0 Å². The van der Waals surface area contributed by atoms with Crippen LogP contribution in [0.4, 0.5) is 0 Å². The van der Waals surface area contributed by atoms with E-state index < -0.39 is 12.1 Å². The number of esters is 2. The van der Waals surface area contributed by atoms with Gasteiger partial charge >= 0.3 is 11.9 Å². The van der Waals surface area contributed by atoms with Crippen LogP contribution in [-0.4, -0.2) is 48.5 Å². The Hall–Kier alpha value is -1.89. The zero-order valence-electron chi connectivity index (χ0n) is 13.1. The Balaban J connectivity index is 1.51. The molecule has 1 aromatic rings. The number of hydrogen-bond donors (Lipinski definition) is 0. The van der Waals surface area contributed by atoms with Crippen LogP contribution in [0.5, 0.6) is 0 Å². The Kier molecular flexibility index (Phi) is 5.18. The summed E-state index contributed by atoms with van der Waals surface area (Å²) in [5.41, 5.74) is 0.632. The van der Waals surface area contributed by atoms with E-state index in [1.807, 2.05) is 12.1 Å². The molecule has 0 aromatic heterocycles. The molecule has 128 valence electrons. The standard InChI is InChI=1S/C17H18BrNO5/c18-13-3-1-11(2-4-13)15(20)19-8-5-12(6-9-19)16(21)24-14-7-10-23-17(14)22/h1-4,12,14H,5-10H2/t14-/m0/s1. The molecule has 0 spiro atoms. The Morgan fingerprint density at radius 1 is 1.12 bits per heavy atom. The number of nitrogens with zero attached hydrogens (tertiary/aromatic N) is 1. The summed E-state index contributed by atoms with van der Waals surface area (Å²) in [6.07, 6.45) is 0.747. The van der Waals surface area contributed by atoms with Crippen molar-refractivity contribution in [1.29, 1.82) is 0 Å². The van der Waals surface area contributed by atoms with Gasteiger partial charge in [0.2, 0.25) is 6.10 Å². The summed E-state index contributed by atoms with van der Waals surface area (Å²) in [5.74, 6) is -1.14. The average molecular weight is 396 g/mol. The SMILES string of the molecule is O=C(O[C@H]1CCOC1=O)C1CCN(C(=O)c2ccc(Br)cc2)CC1. The third kappa shape index (κ3) is 3.77. The number of ether oxygens (including phenoxy) is 2. The molecule has 2 heterocycles. The largest absolute Gasteiger partial charge is 0.463 e. The second kappa shape index (κ2) is 7.34. The van der Waals surface area contributed by atoms with Gasteiger partial charge in [0.05, 0.1) is 12.5 Å². The lowest BCUT2D eigenvalue weighted by molar-refractivity contribution is -0.164. The number of piperidine rings is 1. The first-order valence-electron chi connectivity index (χ1n) is 7.96. The molecular weight excluding hydrogens is 378 g/mol. The van der Waals surface area contributed by atoms with Crippen LogP contribution in [0.15, 0.2) is 28.7 Å². The Labute approximate surface area is 148 Å². The van der Waals surface area contributed by atoms with Crippen molar-refractivity contribution in [2.75, 3.05) is 19.7 Å². The molecule has 2 aliphatic rings. The first-order chi connectivity index (χ1) is 11.5. The quantitative estimate of drug-likeness (QED) is 0.733. The second-order valence-electron chi connectivity index (χ2n) is 5.96. The van der Waals surface area contributed by atoms with Crippen LogP contribution in [0.1, 0.15) is 29.6 Å². The number of carbonyl (C=O) groups excluding carboxylic acids is 3. The normalized spacial score (nSPS) is 21.5. The van der Waals surface area contributed by atoms with Gasteiger partial charge in [-0.05, 0) is 37.1 Å². The molecule has 24 heavy (non-hydrogen) atoms. The van der Waals surface area contributed by atoms with Gasteiger partial charge in [0.15, 0.2) is 0 Å². The molecule has 0 bridgehead atoms. The molecule has 2 fully saturated rings. The fourth-order valence-electron chi connectivity index (χ4n) is 2.91. The van der Waals surface area contributed by atoms with Crippen LogP contribution in [-0.2, 0) is 19.1 Å². The van der Waals surface area contributed by atoms with Crippen molar-refractivity contribution in [2.45, 2.75) is 25.4 Å². The summed E-state index contributed by atoms with van der Waals surface area (Å²) in [4.78, 5) is 37.7. The van der Waals surface area contributed by atoms with E-state index in [2.05, 4.69) is 15.9 Å². The molecule has 3 rings (SSSR count). The van der Waals surface area contributed by atoms with Crippen molar-refractivity contribution in [3.05, 3.63) is 34.3 Å². The monoisotopic (exact) mass is 395 g/mol.